The van der Waals surface area contributed by atoms with Crippen molar-refractivity contribution in [1.82, 2.24) is 9.78 Å². The lowest BCUT2D eigenvalue weighted by atomic mass is 10.1. The number of hydrogen-bond donors (Lipinski definition) is 1. The molecule has 1 aromatic heterocycles. The highest BCUT2D eigenvalue weighted by Crippen LogP contribution is 2.40. The van der Waals surface area contributed by atoms with Crippen LogP contribution in [0.5, 0.6) is 17.2 Å². The second-order valence-electron chi connectivity index (χ2n) is 6.81. The van der Waals surface area contributed by atoms with Crippen LogP contribution >= 0.6 is 0 Å². The van der Waals surface area contributed by atoms with Crippen LogP contribution in [0.2, 0.25) is 0 Å². The monoisotopic (exact) mass is 437 g/mol. The summed E-state index contributed by atoms with van der Waals surface area (Å²) in [7, 11) is 4.51. The molecule has 9 nitrogen and oxygen atoms in total. The predicted octanol–water partition coefficient (Wildman–Crippen LogP) is 2.78. The zero-order valence-electron chi connectivity index (χ0n) is 18.2. The molecule has 9 heteroatoms. The van der Waals surface area contributed by atoms with E-state index in [1.807, 2.05) is 0 Å². The minimum atomic E-state index is -0.433. The first-order chi connectivity index (χ1) is 15.4. The second-order valence-corrected chi connectivity index (χ2v) is 6.81. The third-order valence-corrected chi connectivity index (χ3v) is 4.70. The number of Topliss-reactive ketones (excluding diaryl/α,β-unsaturated/α-hetero) is 1. The van der Waals surface area contributed by atoms with Gasteiger partial charge in [0.25, 0.3) is 5.56 Å². The molecule has 1 N–H and O–H groups in total. The topological polar surface area (TPSA) is 109 Å². The maximum absolute atomic E-state index is 12.5. The highest BCUT2D eigenvalue weighted by Gasteiger charge is 2.16. The van der Waals surface area contributed by atoms with Crippen molar-refractivity contribution in [3.8, 4) is 28.5 Å². The maximum atomic E-state index is 12.5. The van der Waals surface area contributed by atoms with Gasteiger partial charge in [0.05, 0.1) is 27.0 Å². The lowest BCUT2D eigenvalue weighted by Crippen LogP contribution is -2.29. The minimum Gasteiger partial charge on any atom is -0.493 e. The summed E-state index contributed by atoms with van der Waals surface area (Å²) in [6.45, 7) is 1.18. The Kier molecular flexibility index (Phi) is 6.89. The van der Waals surface area contributed by atoms with Crippen molar-refractivity contribution in [2.45, 2.75) is 13.5 Å². The van der Waals surface area contributed by atoms with Crippen LogP contribution in [-0.4, -0.2) is 42.8 Å². The van der Waals surface area contributed by atoms with Gasteiger partial charge in [-0.2, -0.15) is 5.10 Å². The van der Waals surface area contributed by atoms with E-state index in [2.05, 4.69) is 10.4 Å². The molecule has 0 fully saturated rings. The number of nitrogens with zero attached hydrogens (tertiary/aromatic N) is 2. The third kappa shape index (κ3) is 4.94. The van der Waals surface area contributed by atoms with Crippen molar-refractivity contribution < 1.29 is 23.8 Å². The van der Waals surface area contributed by atoms with Crippen LogP contribution in [-0.2, 0) is 11.3 Å². The summed E-state index contributed by atoms with van der Waals surface area (Å²) < 4.78 is 17.1. The number of carbonyl (C=O) groups excluding carboxylic acids is 2. The van der Waals surface area contributed by atoms with E-state index in [1.54, 1.807) is 42.5 Å². The summed E-state index contributed by atoms with van der Waals surface area (Å²) in [4.78, 5) is 36.1. The van der Waals surface area contributed by atoms with Gasteiger partial charge < -0.3 is 19.5 Å². The molecule has 0 radical (unpaired) electrons. The Morgan fingerprint density at radius 3 is 2.09 bits per heavy atom. The van der Waals surface area contributed by atoms with Gasteiger partial charge in [0.15, 0.2) is 17.3 Å². The largest absolute Gasteiger partial charge is 0.493 e. The number of methoxy groups -OCH3 is 3. The first kappa shape index (κ1) is 22.5. The summed E-state index contributed by atoms with van der Waals surface area (Å²) in [5, 5.41) is 7.00. The highest BCUT2D eigenvalue weighted by atomic mass is 16.5. The molecule has 0 saturated carbocycles. The number of hydrogen-bond acceptors (Lipinski definition) is 7. The molecule has 1 amide bonds. The Bertz CT molecular complexity index is 1180. The van der Waals surface area contributed by atoms with Gasteiger partial charge in [-0.1, -0.05) is 0 Å². The van der Waals surface area contributed by atoms with E-state index in [1.165, 1.54) is 34.3 Å². The number of benzene rings is 2. The first-order valence-corrected chi connectivity index (χ1v) is 9.65. The zero-order valence-corrected chi connectivity index (χ0v) is 18.2. The Morgan fingerprint density at radius 1 is 0.938 bits per heavy atom. The Hall–Kier alpha value is -4.14. The van der Waals surface area contributed by atoms with Gasteiger partial charge in [0.2, 0.25) is 11.7 Å². The fraction of sp³-hybridized carbons (Fsp3) is 0.217. The molecule has 0 spiro atoms. The van der Waals surface area contributed by atoms with Crippen molar-refractivity contribution in [2.75, 3.05) is 26.6 Å². The lowest BCUT2D eigenvalue weighted by molar-refractivity contribution is -0.117. The molecule has 0 aliphatic rings. The van der Waals surface area contributed by atoms with Crippen molar-refractivity contribution in [3.05, 3.63) is 64.4 Å². The fourth-order valence-electron chi connectivity index (χ4n) is 3.07. The molecule has 166 valence electrons. The van der Waals surface area contributed by atoms with Crippen LogP contribution in [0.25, 0.3) is 11.3 Å². The van der Waals surface area contributed by atoms with Crippen LogP contribution in [0.3, 0.4) is 0 Å². The van der Waals surface area contributed by atoms with E-state index >= 15 is 0 Å². The van der Waals surface area contributed by atoms with Crippen LogP contribution in [0, 0.1) is 0 Å². The zero-order chi connectivity index (χ0) is 23.3. The number of ketones is 1. The molecular formula is C23H23N3O6. The minimum absolute atomic E-state index is 0.0674. The maximum Gasteiger partial charge on any atom is 0.267 e. The molecule has 2 aromatic carbocycles. The standard InChI is InChI=1S/C23H23N3O6/c1-14(27)15-5-7-17(8-6-15)24-21(28)13-26-22(29)10-9-18(25-26)16-11-19(30-2)23(32-4)20(12-16)31-3/h5-12H,13H2,1-4H3,(H,24,28). The fourth-order valence-corrected chi connectivity index (χ4v) is 3.07. The molecule has 0 unspecified atom stereocenters. The summed E-state index contributed by atoms with van der Waals surface area (Å²) >= 11 is 0. The normalized spacial score (nSPS) is 10.4. The number of aromatic nitrogens is 2. The molecule has 3 aromatic rings. The smallest absolute Gasteiger partial charge is 0.267 e. The summed E-state index contributed by atoms with van der Waals surface area (Å²) in [6.07, 6.45) is 0. The van der Waals surface area contributed by atoms with Gasteiger partial charge >= 0.3 is 0 Å². The van der Waals surface area contributed by atoms with E-state index in [-0.39, 0.29) is 12.3 Å². The first-order valence-electron chi connectivity index (χ1n) is 9.65. The average molecular weight is 437 g/mol. The number of amides is 1. The molecular weight excluding hydrogens is 414 g/mol. The molecule has 32 heavy (non-hydrogen) atoms. The van der Waals surface area contributed by atoms with Gasteiger partial charge in [-0.3, -0.25) is 14.4 Å². The summed E-state index contributed by atoms with van der Waals surface area (Å²) in [5.74, 6) is 0.808. The van der Waals surface area contributed by atoms with E-state index < -0.39 is 11.5 Å². The molecule has 0 saturated heterocycles. The molecule has 0 bridgehead atoms. The van der Waals surface area contributed by atoms with E-state index in [0.29, 0.717) is 39.8 Å². The van der Waals surface area contributed by atoms with E-state index in [9.17, 15) is 14.4 Å². The summed E-state index contributed by atoms with van der Waals surface area (Å²) in [5.41, 5.74) is 1.69. The molecule has 1 heterocycles. The van der Waals surface area contributed by atoms with Crippen molar-refractivity contribution in [2.24, 2.45) is 0 Å². The number of ether oxygens (including phenoxy) is 3. The van der Waals surface area contributed by atoms with Gasteiger partial charge in [0.1, 0.15) is 6.54 Å². The van der Waals surface area contributed by atoms with Crippen LogP contribution < -0.4 is 25.1 Å². The van der Waals surface area contributed by atoms with Gasteiger partial charge in [-0.15, -0.1) is 0 Å². The van der Waals surface area contributed by atoms with Gasteiger partial charge in [0, 0.05) is 22.9 Å². The van der Waals surface area contributed by atoms with E-state index in [4.69, 9.17) is 14.2 Å². The Morgan fingerprint density at radius 2 is 1.56 bits per heavy atom. The highest BCUT2D eigenvalue weighted by molar-refractivity contribution is 5.95. The molecule has 0 aliphatic heterocycles. The van der Waals surface area contributed by atoms with Crippen molar-refractivity contribution in [3.63, 3.8) is 0 Å². The van der Waals surface area contributed by atoms with Gasteiger partial charge in [-0.05, 0) is 49.4 Å². The molecule has 0 aliphatic carbocycles. The number of anilines is 1. The van der Waals surface area contributed by atoms with Crippen LogP contribution in [0.4, 0.5) is 5.69 Å². The SMILES string of the molecule is COc1cc(-c2ccc(=O)n(CC(=O)Nc3ccc(C(C)=O)cc3)n2)cc(OC)c1OC. The average Bonchev–Trinajstić information content (AvgIpc) is 2.79. The molecule has 3 rings (SSSR count). The van der Waals surface area contributed by atoms with E-state index in [0.717, 1.165) is 4.68 Å². The Labute approximate surface area is 184 Å². The van der Waals surface area contributed by atoms with Crippen LogP contribution in [0.15, 0.2) is 53.3 Å². The van der Waals surface area contributed by atoms with Crippen LogP contribution in [0.1, 0.15) is 17.3 Å². The number of nitrogens with one attached hydrogen (secondary N) is 1. The number of carbonyl (C=O) groups is 2. The third-order valence-electron chi connectivity index (χ3n) is 4.70. The van der Waals surface area contributed by atoms with Crippen molar-refractivity contribution >= 4 is 17.4 Å². The summed E-state index contributed by atoms with van der Waals surface area (Å²) in [6, 6.07) is 12.8. The van der Waals surface area contributed by atoms with Crippen molar-refractivity contribution in [1.29, 1.82) is 0 Å². The number of rotatable bonds is 8. The molecule has 0 atom stereocenters. The predicted molar refractivity (Wildman–Crippen MR) is 119 cm³/mol. The quantitative estimate of drug-likeness (QED) is 0.540. The van der Waals surface area contributed by atoms with Gasteiger partial charge in [-0.25, -0.2) is 4.68 Å². The second kappa shape index (κ2) is 9.78. The lowest BCUT2D eigenvalue weighted by Gasteiger charge is -2.14. The Balaban J connectivity index is 1.85.